The smallest absolute Gasteiger partial charge is 0.230 e. The normalized spacial score (nSPS) is 16.7. The van der Waals surface area contributed by atoms with Crippen molar-refractivity contribution in [1.29, 1.82) is 0 Å². The lowest BCUT2D eigenvalue weighted by atomic mass is 9.80. The van der Waals surface area contributed by atoms with Crippen molar-refractivity contribution < 1.29 is 9.53 Å². The molecule has 1 aliphatic rings. The summed E-state index contributed by atoms with van der Waals surface area (Å²) in [6, 6.07) is 0. The minimum Gasteiger partial charge on any atom is -0.380 e. The van der Waals surface area contributed by atoms with Crippen LogP contribution >= 0.6 is 0 Å². The molecule has 0 saturated carbocycles. The van der Waals surface area contributed by atoms with Gasteiger partial charge in [0.1, 0.15) is 0 Å². The molecule has 0 aromatic rings. The van der Waals surface area contributed by atoms with Crippen LogP contribution in [0.5, 0.6) is 0 Å². The molecule has 1 aliphatic heterocycles. The number of hydrogen-bond acceptors (Lipinski definition) is 3. The lowest BCUT2D eigenvalue weighted by Gasteiger charge is -2.36. The van der Waals surface area contributed by atoms with E-state index in [1.54, 1.807) is 7.11 Å². The summed E-state index contributed by atoms with van der Waals surface area (Å²) < 4.78 is 5.12. The topological polar surface area (TPSA) is 55.6 Å². The van der Waals surface area contributed by atoms with Crippen LogP contribution in [-0.2, 0) is 9.53 Å². The van der Waals surface area contributed by atoms with Crippen LogP contribution in [0.1, 0.15) is 33.1 Å². The minimum absolute atomic E-state index is 0.211. The molecule has 104 valence electrons. The highest BCUT2D eigenvalue weighted by Gasteiger charge is 2.36. The molecule has 1 amide bonds. The van der Waals surface area contributed by atoms with Crippen LogP contribution in [0.3, 0.4) is 0 Å². The maximum absolute atomic E-state index is 12.6. The molecule has 4 nitrogen and oxygen atoms in total. The molecule has 2 N–H and O–H groups in total. The molecule has 1 heterocycles. The molecule has 0 bridgehead atoms. The van der Waals surface area contributed by atoms with Crippen LogP contribution in [0, 0.1) is 5.41 Å². The van der Waals surface area contributed by atoms with Crippen molar-refractivity contribution in [2.75, 3.05) is 33.4 Å². The van der Waals surface area contributed by atoms with E-state index in [-0.39, 0.29) is 11.3 Å². The molecule has 0 spiro atoms. The number of nitrogens with two attached hydrogens (primary N) is 1. The first-order valence-corrected chi connectivity index (χ1v) is 6.79. The van der Waals surface area contributed by atoms with Crippen LogP contribution in [0.2, 0.25) is 0 Å². The predicted octanol–water partition coefficient (Wildman–Crippen LogP) is 1.56. The fraction of sp³-hybridized carbons (Fsp3) is 0.786. The summed E-state index contributed by atoms with van der Waals surface area (Å²) in [7, 11) is 1.70. The van der Waals surface area contributed by atoms with E-state index in [2.05, 4.69) is 6.08 Å². The zero-order chi connectivity index (χ0) is 13.6. The molecule has 0 atom stereocenters. The van der Waals surface area contributed by atoms with Gasteiger partial charge in [0.2, 0.25) is 5.91 Å². The second kappa shape index (κ2) is 6.90. The Morgan fingerprint density at radius 1 is 1.50 bits per heavy atom. The average molecular weight is 254 g/mol. The van der Waals surface area contributed by atoms with E-state index in [4.69, 9.17) is 10.5 Å². The number of carbonyl (C=O) groups excluding carboxylic acids is 1. The molecule has 1 rings (SSSR count). The van der Waals surface area contributed by atoms with E-state index in [1.807, 2.05) is 18.7 Å². The summed E-state index contributed by atoms with van der Waals surface area (Å²) in [4.78, 5) is 14.5. The third kappa shape index (κ3) is 3.12. The van der Waals surface area contributed by atoms with E-state index in [0.717, 1.165) is 25.8 Å². The van der Waals surface area contributed by atoms with Crippen molar-refractivity contribution in [3.8, 4) is 0 Å². The highest BCUT2D eigenvalue weighted by atomic mass is 16.5. The number of amides is 1. The van der Waals surface area contributed by atoms with Gasteiger partial charge in [-0.15, -0.1) is 0 Å². The van der Waals surface area contributed by atoms with Gasteiger partial charge in [0.25, 0.3) is 0 Å². The van der Waals surface area contributed by atoms with Crippen molar-refractivity contribution in [1.82, 2.24) is 4.90 Å². The number of carbonyl (C=O) groups is 1. The Hall–Kier alpha value is -0.870. The van der Waals surface area contributed by atoms with Crippen LogP contribution in [0.4, 0.5) is 0 Å². The third-order valence-corrected chi connectivity index (χ3v) is 4.12. The van der Waals surface area contributed by atoms with Gasteiger partial charge >= 0.3 is 0 Å². The second-order valence-electron chi connectivity index (χ2n) is 4.99. The Bertz CT molecular complexity index is 301. The predicted molar refractivity (Wildman–Crippen MR) is 73.2 cm³/mol. The number of methoxy groups -OCH3 is 1. The summed E-state index contributed by atoms with van der Waals surface area (Å²) in [6.07, 6.45) is 4.64. The van der Waals surface area contributed by atoms with Crippen LogP contribution in [0.15, 0.2) is 11.6 Å². The van der Waals surface area contributed by atoms with Crippen molar-refractivity contribution >= 4 is 5.91 Å². The molecule has 18 heavy (non-hydrogen) atoms. The van der Waals surface area contributed by atoms with Gasteiger partial charge in [0.05, 0.1) is 12.0 Å². The Balaban J connectivity index is 2.69. The SMILES string of the molecule is CCC(CC)(CN)C(=O)N1CC=C(COC)CC1. The third-order valence-electron chi connectivity index (χ3n) is 4.12. The van der Waals surface area contributed by atoms with Gasteiger partial charge in [0.15, 0.2) is 0 Å². The van der Waals surface area contributed by atoms with Gasteiger partial charge in [-0.25, -0.2) is 0 Å². The standard InChI is InChI=1S/C14H26N2O2/c1-4-14(5-2,11-15)13(17)16-8-6-12(7-9-16)10-18-3/h6H,4-5,7-11,15H2,1-3H3. The van der Waals surface area contributed by atoms with E-state index in [0.29, 0.717) is 19.7 Å². The van der Waals surface area contributed by atoms with Crippen molar-refractivity contribution in [3.63, 3.8) is 0 Å². The number of ether oxygens (including phenoxy) is 1. The Labute approximate surface area is 110 Å². The molecule has 4 heteroatoms. The highest BCUT2D eigenvalue weighted by Crippen LogP contribution is 2.29. The lowest BCUT2D eigenvalue weighted by molar-refractivity contribution is -0.141. The number of nitrogens with zero attached hydrogens (tertiary/aromatic N) is 1. The minimum atomic E-state index is -0.368. The first-order chi connectivity index (χ1) is 8.63. The van der Waals surface area contributed by atoms with Gasteiger partial charge in [-0.2, -0.15) is 0 Å². The fourth-order valence-electron chi connectivity index (χ4n) is 2.48. The van der Waals surface area contributed by atoms with Crippen molar-refractivity contribution in [2.45, 2.75) is 33.1 Å². The second-order valence-corrected chi connectivity index (χ2v) is 4.99. The molecule has 0 aromatic carbocycles. The van der Waals surface area contributed by atoms with Gasteiger partial charge in [-0.1, -0.05) is 19.9 Å². The van der Waals surface area contributed by atoms with Crippen LogP contribution in [-0.4, -0.2) is 44.2 Å². The Morgan fingerprint density at radius 2 is 2.17 bits per heavy atom. The number of rotatable bonds is 6. The zero-order valence-corrected chi connectivity index (χ0v) is 11.9. The van der Waals surface area contributed by atoms with Gasteiger partial charge in [-0.3, -0.25) is 4.79 Å². The molecule has 0 unspecified atom stereocenters. The molecular weight excluding hydrogens is 228 g/mol. The average Bonchev–Trinajstić information content (AvgIpc) is 2.42. The summed E-state index contributed by atoms with van der Waals surface area (Å²) in [5.41, 5.74) is 6.75. The Kier molecular flexibility index (Phi) is 5.82. The molecular formula is C14H26N2O2. The first-order valence-electron chi connectivity index (χ1n) is 6.79. The summed E-state index contributed by atoms with van der Waals surface area (Å²) >= 11 is 0. The molecule has 0 saturated heterocycles. The number of hydrogen-bond donors (Lipinski definition) is 1. The molecule has 0 fully saturated rings. The monoisotopic (exact) mass is 254 g/mol. The van der Waals surface area contributed by atoms with E-state index in [9.17, 15) is 4.79 Å². The molecule has 0 aromatic heterocycles. The van der Waals surface area contributed by atoms with Crippen LogP contribution < -0.4 is 5.73 Å². The van der Waals surface area contributed by atoms with Gasteiger partial charge < -0.3 is 15.4 Å². The zero-order valence-electron chi connectivity index (χ0n) is 11.9. The molecule has 0 aliphatic carbocycles. The lowest BCUT2D eigenvalue weighted by Crippen LogP contribution is -2.49. The Morgan fingerprint density at radius 3 is 2.56 bits per heavy atom. The van der Waals surface area contributed by atoms with Gasteiger partial charge in [0, 0.05) is 26.7 Å². The summed E-state index contributed by atoms with van der Waals surface area (Å²) in [5, 5.41) is 0. The van der Waals surface area contributed by atoms with E-state index < -0.39 is 0 Å². The highest BCUT2D eigenvalue weighted by molar-refractivity contribution is 5.83. The van der Waals surface area contributed by atoms with E-state index >= 15 is 0 Å². The quantitative estimate of drug-likeness (QED) is 0.732. The maximum Gasteiger partial charge on any atom is 0.230 e. The van der Waals surface area contributed by atoms with Crippen molar-refractivity contribution in [3.05, 3.63) is 11.6 Å². The van der Waals surface area contributed by atoms with Crippen molar-refractivity contribution in [2.24, 2.45) is 11.1 Å². The fourth-order valence-corrected chi connectivity index (χ4v) is 2.48. The van der Waals surface area contributed by atoms with E-state index in [1.165, 1.54) is 5.57 Å². The first kappa shape index (κ1) is 15.2. The maximum atomic E-state index is 12.6. The largest absolute Gasteiger partial charge is 0.380 e. The summed E-state index contributed by atoms with van der Waals surface area (Å²) in [5.74, 6) is 0.211. The van der Waals surface area contributed by atoms with Gasteiger partial charge in [-0.05, 0) is 24.8 Å². The van der Waals surface area contributed by atoms with Crippen LogP contribution in [0.25, 0.3) is 0 Å². The molecule has 0 radical (unpaired) electrons. The summed E-state index contributed by atoms with van der Waals surface area (Å²) in [6.45, 7) is 6.68.